The molecule has 0 aliphatic heterocycles. The van der Waals surface area contributed by atoms with Gasteiger partial charge in [-0.05, 0) is 46.8 Å². The number of hydrogen-bond acceptors (Lipinski definition) is 2. The number of hydrogen-bond donors (Lipinski definition) is 0. The SMILES string of the molecule is CC(C)Oc1cccc2c1nc(CCCl)n2C(C)(C)C. The number of nitrogens with zero attached hydrogens (tertiary/aromatic N) is 2. The quantitative estimate of drug-likeness (QED) is 0.783. The molecule has 2 rings (SSSR count). The van der Waals surface area contributed by atoms with Crippen LogP contribution in [0.4, 0.5) is 0 Å². The second-order valence-electron chi connectivity index (χ2n) is 6.26. The Labute approximate surface area is 125 Å². The van der Waals surface area contributed by atoms with Crippen molar-refractivity contribution in [2.75, 3.05) is 5.88 Å². The summed E-state index contributed by atoms with van der Waals surface area (Å²) in [5, 5.41) is 0. The molecular weight excluding hydrogens is 272 g/mol. The lowest BCUT2D eigenvalue weighted by Gasteiger charge is -2.24. The second kappa shape index (κ2) is 5.65. The first kappa shape index (κ1) is 15.2. The van der Waals surface area contributed by atoms with Gasteiger partial charge in [-0.15, -0.1) is 11.6 Å². The number of fused-ring (bicyclic) bond motifs is 1. The van der Waals surface area contributed by atoms with Crippen molar-refractivity contribution in [1.29, 1.82) is 0 Å². The Morgan fingerprint density at radius 1 is 1.30 bits per heavy atom. The normalized spacial score (nSPS) is 12.3. The van der Waals surface area contributed by atoms with E-state index in [4.69, 9.17) is 21.3 Å². The predicted octanol–water partition coefficient (Wildman–Crippen LogP) is 4.36. The van der Waals surface area contributed by atoms with Crippen LogP contribution < -0.4 is 4.74 Å². The van der Waals surface area contributed by atoms with E-state index in [1.807, 2.05) is 26.0 Å². The van der Waals surface area contributed by atoms with Gasteiger partial charge in [0.1, 0.15) is 17.1 Å². The van der Waals surface area contributed by atoms with Crippen LogP contribution >= 0.6 is 11.6 Å². The number of imidazole rings is 1. The molecule has 2 aromatic rings. The minimum Gasteiger partial charge on any atom is -0.489 e. The summed E-state index contributed by atoms with van der Waals surface area (Å²) >= 11 is 5.93. The fourth-order valence-corrected chi connectivity index (χ4v) is 2.64. The van der Waals surface area contributed by atoms with E-state index < -0.39 is 0 Å². The summed E-state index contributed by atoms with van der Waals surface area (Å²) in [4.78, 5) is 4.78. The van der Waals surface area contributed by atoms with Gasteiger partial charge in [-0.3, -0.25) is 0 Å². The molecule has 0 atom stereocenters. The molecule has 0 aliphatic carbocycles. The van der Waals surface area contributed by atoms with Crippen LogP contribution in [0.2, 0.25) is 0 Å². The van der Waals surface area contributed by atoms with E-state index in [1.165, 1.54) is 0 Å². The number of alkyl halides is 1. The van der Waals surface area contributed by atoms with Crippen molar-refractivity contribution in [2.45, 2.75) is 52.7 Å². The maximum Gasteiger partial charge on any atom is 0.147 e. The summed E-state index contributed by atoms with van der Waals surface area (Å²) < 4.78 is 8.14. The van der Waals surface area contributed by atoms with Crippen molar-refractivity contribution < 1.29 is 4.74 Å². The number of halogens is 1. The van der Waals surface area contributed by atoms with Gasteiger partial charge in [0.25, 0.3) is 0 Å². The van der Waals surface area contributed by atoms with Crippen LogP contribution in [0.3, 0.4) is 0 Å². The van der Waals surface area contributed by atoms with Gasteiger partial charge in [-0.25, -0.2) is 4.98 Å². The van der Waals surface area contributed by atoms with E-state index in [0.717, 1.165) is 29.0 Å². The number of rotatable bonds is 4. The van der Waals surface area contributed by atoms with E-state index >= 15 is 0 Å². The third kappa shape index (κ3) is 2.93. The van der Waals surface area contributed by atoms with Crippen molar-refractivity contribution >= 4 is 22.6 Å². The monoisotopic (exact) mass is 294 g/mol. The van der Waals surface area contributed by atoms with E-state index in [0.29, 0.717) is 5.88 Å². The fraction of sp³-hybridized carbons (Fsp3) is 0.562. The lowest BCUT2D eigenvalue weighted by Crippen LogP contribution is -2.24. The molecule has 0 spiro atoms. The average molecular weight is 295 g/mol. The summed E-state index contributed by atoms with van der Waals surface area (Å²) in [7, 11) is 0. The molecule has 0 aliphatic rings. The van der Waals surface area contributed by atoms with Gasteiger partial charge in [0.05, 0.1) is 11.6 Å². The Hall–Kier alpha value is -1.22. The second-order valence-corrected chi connectivity index (χ2v) is 6.64. The van der Waals surface area contributed by atoms with Gasteiger partial charge in [0.2, 0.25) is 0 Å². The highest BCUT2D eigenvalue weighted by Gasteiger charge is 2.22. The Morgan fingerprint density at radius 2 is 2.00 bits per heavy atom. The molecule has 110 valence electrons. The molecule has 1 heterocycles. The highest BCUT2D eigenvalue weighted by molar-refractivity contribution is 6.17. The van der Waals surface area contributed by atoms with Crippen LogP contribution in [0.15, 0.2) is 18.2 Å². The Balaban J connectivity index is 2.67. The maximum atomic E-state index is 5.93. The molecule has 0 saturated carbocycles. The predicted molar refractivity (Wildman–Crippen MR) is 84.9 cm³/mol. The van der Waals surface area contributed by atoms with Gasteiger partial charge in [0, 0.05) is 17.8 Å². The van der Waals surface area contributed by atoms with Crippen molar-refractivity contribution in [1.82, 2.24) is 9.55 Å². The van der Waals surface area contributed by atoms with Gasteiger partial charge in [0.15, 0.2) is 0 Å². The van der Waals surface area contributed by atoms with Crippen LogP contribution in [-0.2, 0) is 12.0 Å². The number of ether oxygens (including phenoxy) is 1. The lowest BCUT2D eigenvalue weighted by atomic mass is 10.1. The highest BCUT2D eigenvalue weighted by Crippen LogP contribution is 2.31. The first-order valence-corrected chi connectivity index (χ1v) is 7.61. The molecule has 4 heteroatoms. The number of aromatic nitrogens is 2. The summed E-state index contributed by atoms with van der Waals surface area (Å²) in [5.74, 6) is 2.43. The molecule has 0 unspecified atom stereocenters. The van der Waals surface area contributed by atoms with Crippen molar-refractivity contribution in [3.05, 3.63) is 24.0 Å². The summed E-state index contributed by atoms with van der Waals surface area (Å²) in [5.41, 5.74) is 2.00. The molecule has 3 nitrogen and oxygen atoms in total. The lowest BCUT2D eigenvalue weighted by molar-refractivity contribution is 0.245. The third-order valence-electron chi connectivity index (χ3n) is 3.07. The molecule has 1 aromatic carbocycles. The van der Waals surface area contributed by atoms with Crippen LogP contribution in [-0.4, -0.2) is 21.5 Å². The maximum absolute atomic E-state index is 5.93. The summed E-state index contributed by atoms with van der Waals surface area (Å²) in [6, 6.07) is 6.10. The fourth-order valence-electron chi connectivity index (χ4n) is 2.47. The molecule has 0 amide bonds. The standard InChI is InChI=1S/C16H23ClN2O/c1-11(2)20-13-8-6-7-12-15(13)18-14(9-10-17)19(12)16(3,4)5/h6-8,11H,9-10H2,1-5H3. The Kier molecular flexibility index (Phi) is 4.28. The molecule has 0 fully saturated rings. The smallest absolute Gasteiger partial charge is 0.147 e. The zero-order valence-electron chi connectivity index (χ0n) is 12.9. The van der Waals surface area contributed by atoms with E-state index in [9.17, 15) is 0 Å². The van der Waals surface area contributed by atoms with Gasteiger partial charge < -0.3 is 9.30 Å². The van der Waals surface area contributed by atoms with Crippen molar-refractivity contribution in [2.24, 2.45) is 0 Å². The first-order valence-electron chi connectivity index (χ1n) is 7.08. The number of benzene rings is 1. The molecule has 20 heavy (non-hydrogen) atoms. The largest absolute Gasteiger partial charge is 0.489 e. The highest BCUT2D eigenvalue weighted by atomic mass is 35.5. The molecule has 0 saturated heterocycles. The van der Waals surface area contributed by atoms with Gasteiger partial charge in [-0.1, -0.05) is 6.07 Å². The zero-order valence-corrected chi connectivity index (χ0v) is 13.7. The molecule has 0 radical (unpaired) electrons. The average Bonchev–Trinajstić information content (AvgIpc) is 2.67. The summed E-state index contributed by atoms with van der Waals surface area (Å²) in [6.45, 7) is 10.6. The van der Waals surface area contributed by atoms with Crippen molar-refractivity contribution in [3.8, 4) is 5.75 Å². The van der Waals surface area contributed by atoms with Crippen LogP contribution in [0, 0.1) is 0 Å². The van der Waals surface area contributed by atoms with Crippen LogP contribution in [0.5, 0.6) is 5.75 Å². The molecular formula is C16H23ClN2O. The number of para-hydroxylation sites is 1. The van der Waals surface area contributed by atoms with E-state index in [2.05, 4.69) is 31.4 Å². The van der Waals surface area contributed by atoms with Gasteiger partial charge >= 0.3 is 0 Å². The van der Waals surface area contributed by atoms with Crippen molar-refractivity contribution in [3.63, 3.8) is 0 Å². The van der Waals surface area contributed by atoms with E-state index in [-0.39, 0.29) is 11.6 Å². The topological polar surface area (TPSA) is 27.1 Å². The molecule has 0 N–H and O–H groups in total. The van der Waals surface area contributed by atoms with Gasteiger partial charge in [-0.2, -0.15) is 0 Å². The Morgan fingerprint density at radius 3 is 2.55 bits per heavy atom. The minimum absolute atomic E-state index is 0.0351. The molecule has 1 aromatic heterocycles. The zero-order chi connectivity index (χ0) is 14.9. The summed E-state index contributed by atoms with van der Waals surface area (Å²) in [6.07, 6.45) is 0.895. The number of aryl methyl sites for hydroxylation is 1. The van der Waals surface area contributed by atoms with Crippen LogP contribution in [0.1, 0.15) is 40.4 Å². The minimum atomic E-state index is -0.0351. The molecule has 0 bridgehead atoms. The third-order valence-corrected chi connectivity index (χ3v) is 3.26. The van der Waals surface area contributed by atoms with Crippen LogP contribution in [0.25, 0.3) is 11.0 Å². The van der Waals surface area contributed by atoms with E-state index in [1.54, 1.807) is 0 Å². The Bertz CT molecular complexity index is 596. The first-order chi connectivity index (χ1) is 9.34.